The van der Waals surface area contributed by atoms with Crippen molar-refractivity contribution in [2.45, 2.75) is 26.4 Å². The van der Waals surface area contributed by atoms with E-state index in [2.05, 4.69) is 0 Å². The lowest BCUT2D eigenvalue weighted by molar-refractivity contribution is -0.129. The number of Topliss-reactive ketones (excluding diaryl/α,β-unsaturated/α-hetero) is 1. The molecule has 3 rings (SSSR count). The topological polar surface area (TPSA) is 86.9 Å². The van der Waals surface area contributed by atoms with Crippen LogP contribution in [0.4, 0.5) is 4.39 Å². The van der Waals surface area contributed by atoms with Crippen LogP contribution >= 0.6 is 0 Å². The second-order valence-corrected chi connectivity index (χ2v) is 6.93. The maximum atomic E-state index is 13.4. The van der Waals surface area contributed by atoms with Gasteiger partial charge in [-0.25, -0.2) is 14.4 Å². The number of hydrogen-bond donors (Lipinski definition) is 2. The summed E-state index contributed by atoms with van der Waals surface area (Å²) < 4.78 is 13.4. The van der Waals surface area contributed by atoms with Gasteiger partial charge in [0.1, 0.15) is 17.6 Å². The number of rotatable bonds is 3. The smallest absolute Gasteiger partial charge is 0.249 e. The Labute approximate surface area is 139 Å². The van der Waals surface area contributed by atoms with E-state index in [1.165, 1.54) is 12.1 Å². The minimum Gasteiger partial charge on any atom is -0.510 e. The lowest BCUT2D eigenvalue weighted by Crippen LogP contribution is -2.53. The zero-order chi connectivity index (χ0) is 17.6. The molecule has 0 bridgehead atoms. The molecule has 6 nitrogen and oxygen atoms in total. The van der Waals surface area contributed by atoms with Gasteiger partial charge in [-0.1, -0.05) is 26.0 Å². The molecular weight excluding hydrogens is 313 g/mol. The number of benzene rings is 1. The van der Waals surface area contributed by atoms with E-state index in [1.54, 1.807) is 36.0 Å². The van der Waals surface area contributed by atoms with Gasteiger partial charge in [0, 0.05) is 25.0 Å². The number of carbonyl (C=O) groups excluding carboxylic acids is 2. The maximum absolute atomic E-state index is 13.4. The number of amides is 1. The van der Waals surface area contributed by atoms with Crippen LogP contribution in [0, 0.1) is 11.2 Å². The Bertz CT molecular complexity index is 744. The standard InChI is InChI=1S/C17H20FN3O3/c1-17(2)9-21-13(15(17)23)14(22)12(16(19)24)8-20(21)7-10-4-3-5-11(18)6-10/h3-6,13,22H,7-9H2,1-2H3,(H2,19,24)/t13-/m0/s1. The first-order valence-corrected chi connectivity index (χ1v) is 7.73. The second-order valence-electron chi connectivity index (χ2n) is 6.93. The molecule has 0 unspecified atom stereocenters. The largest absolute Gasteiger partial charge is 0.510 e. The summed E-state index contributed by atoms with van der Waals surface area (Å²) in [6.07, 6.45) is 0. The van der Waals surface area contributed by atoms with Crippen LogP contribution < -0.4 is 5.73 Å². The molecule has 1 fully saturated rings. The van der Waals surface area contributed by atoms with E-state index in [0.717, 1.165) is 0 Å². The lowest BCUT2D eigenvalue weighted by atomic mass is 9.88. The van der Waals surface area contributed by atoms with Crippen LogP contribution in [-0.2, 0) is 16.1 Å². The summed E-state index contributed by atoms with van der Waals surface area (Å²) in [7, 11) is 0. The number of nitrogens with two attached hydrogens (primary N) is 1. The fourth-order valence-corrected chi connectivity index (χ4v) is 3.32. The molecule has 7 heteroatoms. The number of carbonyl (C=O) groups is 2. The van der Waals surface area contributed by atoms with Crippen LogP contribution in [0.3, 0.4) is 0 Å². The maximum Gasteiger partial charge on any atom is 0.249 e. The summed E-state index contributed by atoms with van der Waals surface area (Å²) in [4.78, 5) is 24.3. The molecule has 0 saturated carbocycles. The van der Waals surface area contributed by atoms with Crippen molar-refractivity contribution in [3.8, 4) is 0 Å². The van der Waals surface area contributed by atoms with Gasteiger partial charge in [0.05, 0.1) is 5.57 Å². The van der Waals surface area contributed by atoms with E-state index in [9.17, 15) is 19.1 Å². The van der Waals surface area contributed by atoms with Gasteiger partial charge in [0.15, 0.2) is 5.78 Å². The summed E-state index contributed by atoms with van der Waals surface area (Å²) in [5, 5.41) is 13.9. The van der Waals surface area contributed by atoms with Crippen molar-refractivity contribution in [2.24, 2.45) is 11.1 Å². The van der Waals surface area contributed by atoms with Crippen molar-refractivity contribution in [3.63, 3.8) is 0 Å². The van der Waals surface area contributed by atoms with Crippen LogP contribution in [0.5, 0.6) is 0 Å². The third kappa shape index (κ3) is 2.70. The highest BCUT2D eigenvalue weighted by Gasteiger charge is 2.53. The molecule has 1 saturated heterocycles. The second kappa shape index (κ2) is 5.68. The van der Waals surface area contributed by atoms with Crippen molar-refractivity contribution in [2.75, 3.05) is 13.1 Å². The van der Waals surface area contributed by atoms with Gasteiger partial charge < -0.3 is 10.8 Å². The Hall–Kier alpha value is -2.25. The molecule has 0 spiro atoms. The third-order valence-electron chi connectivity index (χ3n) is 4.59. The quantitative estimate of drug-likeness (QED) is 0.866. The normalized spacial score (nSPS) is 24.3. The summed E-state index contributed by atoms with van der Waals surface area (Å²) in [5.74, 6) is -1.54. The molecular formula is C17H20FN3O3. The number of halogens is 1. The molecule has 0 radical (unpaired) electrons. The number of primary amides is 1. The Morgan fingerprint density at radius 1 is 1.46 bits per heavy atom. The Balaban J connectivity index is 1.98. The van der Waals surface area contributed by atoms with Crippen molar-refractivity contribution in [1.29, 1.82) is 0 Å². The monoisotopic (exact) mass is 333 g/mol. The number of fused-ring (bicyclic) bond motifs is 1. The first-order valence-electron chi connectivity index (χ1n) is 7.73. The molecule has 1 aromatic rings. The third-order valence-corrected chi connectivity index (χ3v) is 4.59. The highest BCUT2D eigenvalue weighted by atomic mass is 19.1. The molecule has 0 aromatic heterocycles. The van der Waals surface area contributed by atoms with Crippen molar-refractivity contribution >= 4 is 11.7 Å². The van der Waals surface area contributed by atoms with Crippen molar-refractivity contribution in [3.05, 3.63) is 47.0 Å². The Morgan fingerprint density at radius 2 is 2.17 bits per heavy atom. The molecule has 1 aromatic carbocycles. The zero-order valence-corrected chi connectivity index (χ0v) is 13.6. The minimum absolute atomic E-state index is 0.0266. The SMILES string of the molecule is CC1(C)CN2[C@H](C1=O)C(O)=C(C(N)=O)CN2Cc1cccc(F)c1. The molecule has 24 heavy (non-hydrogen) atoms. The fraction of sp³-hybridized carbons (Fsp3) is 0.412. The van der Waals surface area contributed by atoms with E-state index in [0.29, 0.717) is 18.7 Å². The summed E-state index contributed by atoms with van der Waals surface area (Å²) in [6, 6.07) is 5.22. The van der Waals surface area contributed by atoms with Gasteiger partial charge in [-0.15, -0.1) is 0 Å². The van der Waals surface area contributed by atoms with E-state index in [1.807, 2.05) is 0 Å². The van der Waals surface area contributed by atoms with E-state index in [-0.39, 0.29) is 29.5 Å². The van der Waals surface area contributed by atoms with Gasteiger partial charge in [-0.3, -0.25) is 9.59 Å². The van der Waals surface area contributed by atoms with Gasteiger partial charge in [-0.2, -0.15) is 0 Å². The number of hydrogen-bond acceptors (Lipinski definition) is 5. The summed E-state index contributed by atoms with van der Waals surface area (Å²) in [5.41, 5.74) is 5.43. The highest BCUT2D eigenvalue weighted by molar-refractivity contribution is 5.98. The van der Waals surface area contributed by atoms with Crippen LogP contribution in [0.25, 0.3) is 0 Å². The van der Waals surface area contributed by atoms with Gasteiger partial charge in [-0.05, 0) is 17.7 Å². The fourth-order valence-electron chi connectivity index (χ4n) is 3.32. The van der Waals surface area contributed by atoms with Crippen molar-refractivity contribution < 1.29 is 19.1 Å². The number of nitrogens with zero attached hydrogens (tertiary/aromatic N) is 2. The van der Waals surface area contributed by atoms with Crippen LogP contribution in [0.1, 0.15) is 19.4 Å². The highest BCUT2D eigenvalue weighted by Crippen LogP contribution is 2.38. The first-order chi connectivity index (χ1) is 11.2. The molecule has 0 aliphatic carbocycles. The Morgan fingerprint density at radius 3 is 2.79 bits per heavy atom. The summed E-state index contributed by atoms with van der Waals surface area (Å²) >= 11 is 0. The zero-order valence-electron chi connectivity index (χ0n) is 13.6. The molecule has 128 valence electrons. The van der Waals surface area contributed by atoms with E-state index in [4.69, 9.17) is 5.73 Å². The Kier molecular flexibility index (Phi) is 3.93. The number of aliphatic hydroxyl groups excluding tert-OH is 1. The first kappa shape index (κ1) is 16.6. The van der Waals surface area contributed by atoms with Gasteiger partial charge in [0.25, 0.3) is 0 Å². The van der Waals surface area contributed by atoms with E-state index >= 15 is 0 Å². The van der Waals surface area contributed by atoms with Gasteiger partial charge >= 0.3 is 0 Å². The minimum atomic E-state index is -0.912. The molecule has 3 N–H and O–H groups in total. The van der Waals surface area contributed by atoms with E-state index < -0.39 is 17.4 Å². The predicted molar refractivity (Wildman–Crippen MR) is 84.9 cm³/mol. The molecule has 2 aliphatic heterocycles. The number of hydrazine groups is 1. The molecule has 2 aliphatic rings. The van der Waals surface area contributed by atoms with Gasteiger partial charge in [0.2, 0.25) is 5.91 Å². The summed E-state index contributed by atoms with van der Waals surface area (Å²) in [6.45, 7) is 4.39. The van der Waals surface area contributed by atoms with Crippen LogP contribution in [-0.4, -0.2) is 45.9 Å². The van der Waals surface area contributed by atoms with Crippen LogP contribution in [0.15, 0.2) is 35.6 Å². The van der Waals surface area contributed by atoms with Crippen LogP contribution in [0.2, 0.25) is 0 Å². The number of aliphatic hydroxyl groups is 1. The molecule has 1 amide bonds. The number of ketones is 1. The lowest BCUT2D eigenvalue weighted by Gasteiger charge is -2.39. The average molecular weight is 333 g/mol. The average Bonchev–Trinajstić information content (AvgIpc) is 2.73. The predicted octanol–water partition coefficient (Wildman–Crippen LogP) is 1.13. The molecule has 2 heterocycles. The van der Waals surface area contributed by atoms with Crippen molar-refractivity contribution in [1.82, 2.24) is 10.0 Å². The molecule has 1 atom stereocenters.